The zero-order valence-electron chi connectivity index (χ0n) is 7.83. The first-order valence-corrected chi connectivity index (χ1v) is 5.51. The van der Waals surface area contributed by atoms with E-state index < -0.39 is 0 Å². The Morgan fingerprint density at radius 2 is 1.47 bits per heavy atom. The maximum absolute atomic E-state index is 12.0. The van der Waals surface area contributed by atoms with Crippen LogP contribution in [-0.4, -0.2) is 5.78 Å². The second-order valence-corrected chi connectivity index (χ2v) is 4.39. The lowest BCUT2D eigenvalue weighted by atomic mass is 10.1. The monoisotopic (exact) mass is 258 g/mol. The summed E-state index contributed by atoms with van der Waals surface area (Å²) < 4.78 is 0.985. The maximum atomic E-state index is 12.0. The lowest BCUT2D eigenvalue weighted by Crippen LogP contribution is -1.93. The molecule has 1 aliphatic rings. The third-order valence-corrected chi connectivity index (χ3v) is 3.36. The van der Waals surface area contributed by atoms with Gasteiger partial charge in [0.2, 0.25) is 0 Å². The highest BCUT2D eigenvalue weighted by Crippen LogP contribution is 2.40. The highest BCUT2D eigenvalue weighted by Gasteiger charge is 2.27. The zero-order chi connectivity index (χ0) is 10.4. The summed E-state index contributed by atoms with van der Waals surface area (Å²) in [5, 5.41) is 0. The predicted octanol–water partition coefficient (Wildman–Crippen LogP) is 3.66. The van der Waals surface area contributed by atoms with Crippen LogP contribution in [0.1, 0.15) is 15.9 Å². The Kier molecular flexibility index (Phi) is 1.80. The van der Waals surface area contributed by atoms with Crippen LogP contribution in [0, 0.1) is 0 Å². The summed E-state index contributed by atoms with van der Waals surface area (Å²) in [7, 11) is 0. The minimum Gasteiger partial charge on any atom is -0.289 e. The first-order chi connectivity index (χ1) is 7.29. The van der Waals surface area contributed by atoms with E-state index in [0.717, 1.165) is 26.7 Å². The van der Waals surface area contributed by atoms with Crippen LogP contribution in [-0.2, 0) is 0 Å². The molecule has 72 valence electrons. The molecular weight excluding hydrogens is 252 g/mol. The molecule has 0 atom stereocenters. The van der Waals surface area contributed by atoms with E-state index in [0.29, 0.717) is 0 Å². The molecule has 0 radical (unpaired) electrons. The molecule has 0 unspecified atom stereocenters. The van der Waals surface area contributed by atoms with E-state index in [2.05, 4.69) is 15.9 Å². The molecule has 2 aromatic rings. The van der Waals surface area contributed by atoms with Crippen LogP contribution >= 0.6 is 15.9 Å². The number of rotatable bonds is 0. The van der Waals surface area contributed by atoms with Crippen molar-refractivity contribution < 1.29 is 4.79 Å². The van der Waals surface area contributed by atoms with E-state index in [1.807, 2.05) is 42.5 Å². The van der Waals surface area contributed by atoms with Gasteiger partial charge in [-0.25, -0.2) is 0 Å². The average molecular weight is 259 g/mol. The van der Waals surface area contributed by atoms with Crippen molar-refractivity contribution in [2.24, 2.45) is 0 Å². The molecule has 0 aromatic heterocycles. The standard InChI is InChI=1S/C13H7BrO/c14-11-7-3-6-10-12(11)8-4-1-2-5-9(8)13(10)15/h1-7H. The quantitative estimate of drug-likeness (QED) is 0.602. The fourth-order valence-electron chi connectivity index (χ4n) is 2.03. The Hall–Kier alpha value is -1.41. The van der Waals surface area contributed by atoms with Gasteiger partial charge < -0.3 is 0 Å². The van der Waals surface area contributed by atoms with Gasteiger partial charge in [-0.2, -0.15) is 0 Å². The largest absolute Gasteiger partial charge is 0.289 e. The van der Waals surface area contributed by atoms with Crippen molar-refractivity contribution in [1.29, 1.82) is 0 Å². The van der Waals surface area contributed by atoms with Crippen LogP contribution in [0.5, 0.6) is 0 Å². The highest BCUT2D eigenvalue weighted by molar-refractivity contribution is 9.10. The maximum Gasteiger partial charge on any atom is 0.194 e. The summed E-state index contributed by atoms with van der Waals surface area (Å²) in [6.07, 6.45) is 0. The van der Waals surface area contributed by atoms with Crippen LogP contribution in [0.25, 0.3) is 11.1 Å². The van der Waals surface area contributed by atoms with Gasteiger partial charge in [0.25, 0.3) is 0 Å². The van der Waals surface area contributed by atoms with E-state index in [-0.39, 0.29) is 5.78 Å². The average Bonchev–Trinajstić information content (AvgIpc) is 2.55. The lowest BCUT2D eigenvalue weighted by Gasteiger charge is -2.01. The van der Waals surface area contributed by atoms with Crippen LogP contribution in [0.2, 0.25) is 0 Å². The van der Waals surface area contributed by atoms with E-state index in [9.17, 15) is 4.79 Å². The van der Waals surface area contributed by atoms with Crippen molar-refractivity contribution in [1.82, 2.24) is 0 Å². The second-order valence-electron chi connectivity index (χ2n) is 3.54. The molecule has 0 N–H and O–H groups in total. The summed E-state index contributed by atoms with van der Waals surface area (Å²) in [4.78, 5) is 12.0. The van der Waals surface area contributed by atoms with Gasteiger partial charge in [0, 0.05) is 21.2 Å². The van der Waals surface area contributed by atoms with Gasteiger partial charge in [0.05, 0.1) is 0 Å². The van der Waals surface area contributed by atoms with Crippen molar-refractivity contribution in [3.8, 4) is 11.1 Å². The van der Waals surface area contributed by atoms with Gasteiger partial charge in [0.1, 0.15) is 0 Å². The van der Waals surface area contributed by atoms with Crippen LogP contribution < -0.4 is 0 Å². The molecule has 0 saturated heterocycles. The molecule has 0 fully saturated rings. The van der Waals surface area contributed by atoms with Gasteiger partial charge in [-0.15, -0.1) is 0 Å². The third-order valence-electron chi connectivity index (χ3n) is 2.70. The van der Waals surface area contributed by atoms with E-state index in [1.54, 1.807) is 0 Å². The third kappa shape index (κ3) is 1.11. The van der Waals surface area contributed by atoms with Crippen molar-refractivity contribution in [3.05, 3.63) is 58.1 Å². The Morgan fingerprint density at radius 1 is 0.800 bits per heavy atom. The molecule has 0 bridgehead atoms. The topological polar surface area (TPSA) is 17.1 Å². The van der Waals surface area contributed by atoms with Gasteiger partial charge in [-0.3, -0.25) is 4.79 Å². The number of fused-ring (bicyclic) bond motifs is 3. The summed E-state index contributed by atoms with van der Waals surface area (Å²) in [6.45, 7) is 0. The Bertz CT molecular complexity index is 572. The Balaban J connectivity index is 2.45. The first-order valence-electron chi connectivity index (χ1n) is 4.71. The molecule has 2 heteroatoms. The number of carbonyl (C=O) groups excluding carboxylic acids is 1. The number of benzene rings is 2. The van der Waals surface area contributed by atoms with Crippen molar-refractivity contribution in [2.75, 3.05) is 0 Å². The number of ketones is 1. The molecule has 0 saturated carbocycles. The lowest BCUT2D eigenvalue weighted by molar-refractivity contribution is 0.104. The second kappa shape index (κ2) is 3.04. The summed E-state index contributed by atoms with van der Waals surface area (Å²) in [5.41, 5.74) is 3.66. The van der Waals surface area contributed by atoms with Gasteiger partial charge in [-0.05, 0) is 11.6 Å². The van der Waals surface area contributed by atoms with Crippen LogP contribution in [0.3, 0.4) is 0 Å². The number of halogens is 1. The molecule has 15 heavy (non-hydrogen) atoms. The summed E-state index contributed by atoms with van der Waals surface area (Å²) in [5.74, 6) is 0.127. The normalized spacial score (nSPS) is 12.5. The fraction of sp³-hybridized carbons (Fsp3) is 0. The van der Waals surface area contributed by atoms with E-state index >= 15 is 0 Å². The smallest absolute Gasteiger partial charge is 0.194 e. The predicted molar refractivity (Wildman–Crippen MR) is 63.0 cm³/mol. The Labute approximate surface area is 95.9 Å². The van der Waals surface area contributed by atoms with Gasteiger partial charge in [-0.1, -0.05) is 52.3 Å². The SMILES string of the molecule is O=C1c2ccccc2-c2c(Br)cccc21. The minimum atomic E-state index is 0.127. The fourth-order valence-corrected chi connectivity index (χ4v) is 2.61. The molecule has 1 aliphatic carbocycles. The zero-order valence-corrected chi connectivity index (χ0v) is 9.41. The minimum absolute atomic E-state index is 0.127. The molecule has 0 amide bonds. The summed E-state index contributed by atoms with van der Waals surface area (Å²) >= 11 is 3.49. The first kappa shape index (κ1) is 8.86. The highest BCUT2D eigenvalue weighted by atomic mass is 79.9. The number of hydrogen-bond acceptors (Lipinski definition) is 1. The van der Waals surface area contributed by atoms with Gasteiger partial charge in [0.15, 0.2) is 5.78 Å². The molecular formula is C13H7BrO. The molecule has 2 aromatic carbocycles. The molecule has 1 nitrogen and oxygen atoms in total. The van der Waals surface area contributed by atoms with Gasteiger partial charge >= 0.3 is 0 Å². The number of carbonyl (C=O) groups is 1. The summed E-state index contributed by atoms with van der Waals surface area (Å²) in [6, 6.07) is 13.5. The molecule has 0 spiro atoms. The molecule has 0 heterocycles. The Morgan fingerprint density at radius 3 is 2.27 bits per heavy atom. The molecule has 0 aliphatic heterocycles. The van der Waals surface area contributed by atoms with E-state index in [1.165, 1.54) is 0 Å². The van der Waals surface area contributed by atoms with Crippen LogP contribution in [0.15, 0.2) is 46.9 Å². The molecule has 3 rings (SSSR count). The van der Waals surface area contributed by atoms with Crippen molar-refractivity contribution in [2.45, 2.75) is 0 Å². The number of hydrogen-bond donors (Lipinski definition) is 0. The van der Waals surface area contributed by atoms with E-state index in [4.69, 9.17) is 0 Å². The van der Waals surface area contributed by atoms with Crippen molar-refractivity contribution >= 4 is 21.7 Å². The van der Waals surface area contributed by atoms with Crippen LogP contribution in [0.4, 0.5) is 0 Å². The van der Waals surface area contributed by atoms with Crippen molar-refractivity contribution in [3.63, 3.8) is 0 Å².